The van der Waals surface area contributed by atoms with Crippen LogP contribution in [0.2, 0.25) is 0 Å². The first-order valence-electron chi connectivity index (χ1n) is 12.1. The van der Waals surface area contributed by atoms with Crippen LogP contribution in [0.5, 0.6) is 11.5 Å². The number of ether oxygens (including phenoxy) is 1. The average molecular weight is 513 g/mol. The number of rotatable bonds is 5. The minimum atomic E-state index is -0.912. The van der Waals surface area contributed by atoms with Crippen molar-refractivity contribution in [1.29, 1.82) is 0 Å². The number of amides is 1. The molecule has 3 heterocycles. The molecule has 0 radical (unpaired) electrons. The maximum atomic E-state index is 15.3. The van der Waals surface area contributed by atoms with Gasteiger partial charge in [0.05, 0.1) is 17.4 Å². The third kappa shape index (κ3) is 3.92. The average Bonchev–Trinajstić information content (AvgIpc) is 3.22. The Bertz CT molecular complexity index is 1780. The van der Waals surface area contributed by atoms with E-state index in [1.54, 1.807) is 22.9 Å². The van der Waals surface area contributed by atoms with Gasteiger partial charge in [-0.25, -0.2) is 13.5 Å². The van der Waals surface area contributed by atoms with Gasteiger partial charge >= 0.3 is 0 Å². The highest BCUT2D eigenvalue weighted by Crippen LogP contribution is 2.38. The van der Waals surface area contributed by atoms with Crippen LogP contribution in [0.4, 0.5) is 8.78 Å². The van der Waals surface area contributed by atoms with E-state index in [0.717, 1.165) is 15.6 Å². The number of aromatic nitrogens is 3. The van der Waals surface area contributed by atoms with Crippen LogP contribution in [0, 0.1) is 11.6 Å². The molecule has 2 N–H and O–H groups in total. The van der Waals surface area contributed by atoms with Crippen molar-refractivity contribution in [3.8, 4) is 17.2 Å². The van der Waals surface area contributed by atoms with E-state index in [4.69, 9.17) is 10.5 Å². The third-order valence-electron chi connectivity index (χ3n) is 6.85. The third-order valence-corrected chi connectivity index (χ3v) is 6.85. The number of benzene rings is 3. The summed E-state index contributed by atoms with van der Waals surface area (Å²) in [5, 5.41) is 0.862. The Morgan fingerprint density at radius 3 is 2.58 bits per heavy atom. The van der Waals surface area contributed by atoms with Crippen LogP contribution in [0.3, 0.4) is 0 Å². The second-order valence-corrected chi connectivity index (χ2v) is 9.17. The van der Waals surface area contributed by atoms with Gasteiger partial charge in [-0.05, 0) is 54.8 Å². The molecule has 7 nitrogen and oxygen atoms in total. The number of hydrogen-bond donors (Lipinski definition) is 1. The first kappa shape index (κ1) is 23.6. The summed E-state index contributed by atoms with van der Waals surface area (Å²) in [6.07, 6.45) is 2.70. The van der Waals surface area contributed by atoms with E-state index in [1.165, 1.54) is 36.5 Å². The summed E-state index contributed by atoms with van der Waals surface area (Å²) in [6, 6.07) is 19.7. The Labute approximate surface area is 215 Å². The van der Waals surface area contributed by atoms with Gasteiger partial charge in [0, 0.05) is 17.8 Å². The number of nitrogens with zero attached hydrogens (tertiary/aromatic N) is 3. The summed E-state index contributed by atoms with van der Waals surface area (Å²) in [4.78, 5) is 30.1. The molecule has 1 unspecified atom stereocenters. The molecule has 9 heteroatoms. The summed E-state index contributed by atoms with van der Waals surface area (Å²) in [6.45, 7) is 0.376. The van der Waals surface area contributed by atoms with Crippen LogP contribution in [-0.4, -0.2) is 20.3 Å². The fourth-order valence-electron chi connectivity index (χ4n) is 5.19. The van der Waals surface area contributed by atoms with Crippen molar-refractivity contribution in [2.24, 2.45) is 5.73 Å². The lowest BCUT2D eigenvalue weighted by molar-refractivity contribution is 0.0997. The zero-order valence-electron chi connectivity index (χ0n) is 20.1. The molecule has 1 amide bonds. The Balaban J connectivity index is 1.40. The molecule has 1 atom stereocenters. The van der Waals surface area contributed by atoms with Gasteiger partial charge in [-0.1, -0.05) is 36.4 Å². The molecule has 1 aliphatic heterocycles. The summed E-state index contributed by atoms with van der Waals surface area (Å²) >= 11 is 0. The van der Waals surface area contributed by atoms with Crippen LogP contribution < -0.4 is 16.0 Å². The summed E-state index contributed by atoms with van der Waals surface area (Å²) < 4.78 is 38.4. The van der Waals surface area contributed by atoms with Gasteiger partial charge in [-0.15, -0.1) is 0 Å². The molecule has 1 aliphatic rings. The van der Waals surface area contributed by atoms with E-state index in [2.05, 4.69) is 4.98 Å². The molecule has 0 aliphatic carbocycles. The number of carbonyl (C=O) groups is 1. The molecule has 2 aromatic heterocycles. The Hall–Kier alpha value is -4.79. The molecule has 3 aromatic carbocycles. The van der Waals surface area contributed by atoms with Gasteiger partial charge in [-0.2, -0.15) is 0 Å². The van der Waals surface area contributed by atoms with Gasteiger partial charge in [0.15, 0.2) is 11.6 Å². The van der Waals surface area contributed by atoms with Crippen LogP contribution in [0.1, 0.15) is 40.4 Å². The number of carbonyl (C=O) groups excluding carboxylic acids is 1. The Morgan fingerprint density at radius 2 is 1.79 bits per heavy atom. The standard InChI is InChI=1S/C29H22F2N4O3/c30-21-8-2-4-10-24(21)35-29(37)26(28(32)36)27-20(7-5-13-34(27)35)17-11-12-25(22(31)15-17)38-19-14-18-6-1-3-9-23(18)33-16-19/h1-4,6,8-12,14-16,20H,5,7,13H2,(H2,32,36). The van der Waals surface area contributed by atoms with Gasteiger partial charge in [0.25, 0.3) is 11.5 Å². The van der Waals surface area contributed by atoms with Crippen LogP contribution >= 0.6 is 0 Å². The fourth-order valence-corrected chi connectivity index (χ4v) is 5.19. The molecule has 0 spiro atoms. The van der Waals surface area contributed by atoms with E-state index < -0.39 is 29.0 Å². The lowest BCUT2D eigenvalue weighted by Gasteiger charge is -2.27. The van der Waals surface area contributed by atoms with Crippen molar-refractivity contribution in [3.05, 3.63) is 118 Å². The normalized spacial score (nSPS) is 14.8. The number of pyridine rings is 1. The number of nitrogens with two attached hydrogens (primary N) is 1. The number of primary amides is 1. The molecule has 0 fully saturated rings. The Kier molecular flexibility index (Phi) is 5.75. The second-order valence-electron chi connectivity index (χ2n) is 9.17. The van der Waals surface area contributed by atoms with E-state index in [9.17, 15) is 14.0 Å². The molecule has 190 valence electrons. The van der Waals surface area contributed by atoms with Crippen molar-refractivity contribution in [2.75, 3.05) is 0 Å². The molecule has 0 saturated heterocycles. The minimum absolute atomic E-state index is 0.0121. The van der Waals surface area contributed by atoms with E-state index in [-0.39, 0.29) is 17.0 Å². The number of fused-ring (bicyclic) bond motifs is 2. The van der Waals surface area contributed by atoms with Crippen molar-refractivity contribution < 1.29 is 18.3 Å². The molecular formula is C29H22F2N4O3. The number of hydrogen-bond acceptors (Lipinski definition) is 4. The van der Waals surface area contributed by atoms with E-state index >= 15 is 4.39 Å². The van der Waals surface area contributed by atoms with Gasteiger partial charge < -0.3 is 10.5 Å². The van der Waals surface area contributed by atoms with Crippen LogP contribution in [0.15, 0.2) is 83.8 Å². The second kappa shape index (κ2) is 9.26. The maximum absolute atomic E-state index is 15.3. The smallest absolute Gasteiger partial charge is 0.284 e. The first-order valence-corrected chi connectivity index (χ1v) is 12.1. The highest BCUT2D eigenvalue weighted by Gasteiger charge is 2.34. The summed E-state index contributed by atoms with van der Waals surface area (Å²) in [5.41, 5.74) is 6.42. The summed E-state index contributed by atoms with van der Waals surface area (Å²) in [7, 11) is 0. The predicted octanol–water partition coefficient (Wildman–Crippen LogP) is 5.28. The van der Waals surface area contributed by atoms with E-state index in [1.807, 2.05) is 24.3 Å². The fraction of sp³-hybridized carbons (Fsp3) is 0.138. The monoisotopic (exact) mass is 512 g/mol. The van der Waals surface area contributed by atoms with Gasteiger partial charge in [-0.3, -0.25) is 19.3 Å². The largest absolute Gasteiger partial charge is 0.453 e. The quantitative estimate of drug-likeness (QED) is 0.347. The van der Waals surface area contributed by atoms with Crippen LogP contribution in [-0.2, 0) is 6.54 Å². The molecule has 0 bridgehead atoms. The lowest BCUT2D eigenvalue weighted by Crippen LogP contribution is -2.26. The molecular weight excluding hydrogens is 490 g/mol. The zero-order valence-corrected chi connectivity index (χ0v) is 20.1. The first-order chi connectivity index (χ1) is 18.4. The zero-order chi connectivity index (χ0) is 26.4. The molecule has 5 aromatic rings. The topological polar surface area (TPSA) is 92.1 Å². The van der Waals surface area contributed by atoms with E-state index in [0.29, 0.717) is 36.4 Å². The predicted molar refractivity (Wildman–Crippen MR) is 138 cm³/mol. The molecule has 38 heavy (non-hydrogen) atoms. The van der Waals surface area contributed by atoms with Crippen molar-refractivity contribution >= 4 is 16.8 Å². The highest BCUT2D eigenvalue weighted by molar-refractivity contribution is 5.94. The molecule has 0 saturated carbocycles. The van der Waals surface area contributed by atoms with Crippen molar-refractivity contribution in [3.63, 3.8) is 0 Å². The van der Waals surface area contributed by atoms with Crippen molar-refractivity contribution in [2.45, 2.75) is 25.3 Å². The lowest BCUT2D eigenvalue weighted by atomic mass is 9.86. The van der Waals surface area contributed by atoms with Crippen LogP contribution in [0.25, 0.3) is 16.6 Å². The number of para-hydroxylation sites is 2. The highest BCUT2D eigenvalue weighted by atomic mass is 19.1. The van der Waals surface area contributed by atoms with Gasteiger partial charge in [0.1, 0.15) is 22.8 Å². The number of halogens is 2. The SMILES string of the molecule is NC(=O)c1c2n(n(-c3ccccc3F)c1=O)CCCC2c1ccc(Oc2cnc3ccccc3c2)c(F)c1. The molecule has 6 rings (SSSR count). The van der Waals surface area contributed by atoms with Crippen molar-refractivity contribution in [1.82, 2.24) is 14.3 Å². The maximum Gasteiger partial charge on any atom is 0.284 e. The summed E-state index contributed by atoms with van der Waals surface area (Å²) in [5.74, 6) is -2.23. The Morgan fingerprint density at radius 1 is 1.00 bits per heavy atom. The van der Waals surface area contributed by atoms with Gasteiger partial charge in [0.2, 0.25) is 0 Å². The minimum Gasteiger partial charge on any atom is -0.453 e.